The fourth-order valence-corrected chi connectivity index (χ4v) is 4.59. The smallest absolute Gasteiger partial charge is 0.255 e. The van der Waals surface area contributed by atoms with Crippen LogP contribution in [0.2, 0.25) is 0 Å². The van der Waals surface area contributed by atoms with Crippen molar-refractivity contribution in [3.63, 3.8) is 0 Å². The van der Waals surface area contributed by atoms with Crippen LogP contribution in [0.3, 0.4) is 0 Å². The third-order valence-electron chi connectivity index (χ3n) is 6.38. The number of nitrogens with one attached hydrogen (secondary N) is 1. The molecule has 6 nitrogen and oxygen atoms in total. The predicted octanol–water partition coefficient (Wildman–Crippen LogP) is 4.86. The summed E-state index contributed by atoms with van der Waals surface area (Å²) in [5.41, 5.74) is 3.68. The van der Waals surface area contributed by atoms with E-state index in [-0.39, 0.29) is 17.6 Å². The van der Waals surface area contributed by atoms with Crippen LogP contribution in [0.4, 0.5) is 4.39 Å². The van der Waals surface area contributed by atoms with Gasteiger partial charge in [-0.05, 0) is 72.5 Å². The minimum atomic E-state index is -0.488. The summed E-state index contributed by atoms with van der Waals surface area (Å²) in [6.45, 7) is 0.967. The Morgan fingerprint density at radius 1 is 1.03 bits per heavy atom. The molecular weight excluding hydrogens is 447 g/mol. The number of aliphatic hydroxyl groups excluding tert-OH is 1. The maximum absolute atomic E-state index is 13.5. The summed E-state index contributed by atoms with van der Waals surface area (Å²) in [6, 6.07) is 18.7. The van der Waals surface area contributed by atoms with Gasteiger partial charge < -0.3 is 19.7 Å². The zero-order chi connectivity index (χ0) is 24.5. The number of halogens is 1. The van der Waals surface area contributed by atoms with Crippen molar-refractivity contribution in [1.82, 2.24) is 10.2 Å². The number of fused-ring (bicyclic) bond motifs is 1. The number of piperidine rings is 1. The highest BCUT2D eigenvalue weighted by molar-refractivity contribution is 6.11. The van der Waals surface area contributed by atoms with E-state index in [1.165, 1.54) is 12.1 Å². The topological polar surface area (TPSA) is 82.8 Å². The van der Waals surface area contributed by atoms with Crippen LogP contribution in [0.5, 0.6) is 0 Å². The summed E-state index contributed by atoms with van der Waals surface area (Å²) in [6.07, 6.45) is 1.00. The van der Waals surface area contributed by atoms with Gasteiger partial charge in [0, 0.05) is 36.7 Å². The van der Waals surface area contributed by atoms with Crippen molar-refractivity contribution in [3.05, 3.63) is 83.7 Å². The second-order valence-corrected chi connectivity index (χ2v) is 8.73. The molecule has 1 unspecified atom stereocenters. The Morgan fingerprint density at radius 3 is 2.51 bits per heavy atom. The van der Waals surface area contributed by atoms with Gasteiger partial charge in [-0.3, -0.25) is 9.59 Å². The van der Waals surface area contributed by atoms with E-state index >= 15 is 0 Å². The summed E-state index contributed by atoms with van der Waals surface area (Å²) in [7, 11) is 1.55. The number of likely N-dealkylation sites (tertiary alicyclic amines) is 1. The van der Waals surface area contributed by atoms with E-state index in [4.69, 9.17) is 4.42 Å². The van der Waals surface area contributed by atoms with Crippen LogP contribution < -0.4 is 5.32 Å². The first kappa shape index (κ1) is 22.8. The van der Waals surface area contributed by atoms with E-state index in [1.807, 2.05) is 30.3 Å². The van der Waals surface area contributed by atoms with E-state index in [0.29, 0.717) is 52.9 Å². The van der Waals surface area contributed by atoms with Crippen LogP contribution in [0, 0.1) is 5.82 Å². The van der Waals surface area contributed by atoms with Crippen molar-refractivity contribution in [2.75, 3.05) is 20.1 Å². The molecule has 178 valence electrons. The first-order valence-corrected chi connectivity index (χ1v) is 11.6. The van der Waals surface area contributed by atoms with Crippen molar-refractivity contribution in [3.8, 4) is 22.5 Å². The Kier molecular flexibility index (Phi) is 6.09. The van der Waals surface area contributed by atoms with Crippen molar-refractivity contribution >= 4 is 22.8 Å². The molecule has 1 saturated heterocycles. The number of hydrogen-bond acceptors (Lipinski definition) is 4. The van der Waals surface area contributed by atoms with Crippen LogP contribution >= 0.6 is 0 Å². The minimum Gasteiger partial charge on any atom is -0.455 e. The molecule has 0 saturated carbocycles. The Morgan fingerprint density at radius 2 is 1.77 bits per heavy atom. The van der Waals surface area contributed by atoms with E-state index in [1.54, 1.807) is 36.2 Å². The van der Waals surface area contributed by atoms with Gasteiger partial charge in [0.25, 0.3) is 11.8 Å². The van der Waals surface area contributed by atoms with Crippen LogP contribution in [-0.2, 0) is 0 Å². The zero-order valence-electron chi connectivity index (χ0n) is 19.3. The van der Waals surface area contributed by atoms with Crippen molar-refractivity contribution in [2.24, 2.45) is 0 Å². The summed E-state index contributed by atoms with van der Waals surface area (Å²) >= 11 is 0. The van der Waals surface area contributed by atoms with Crippen LogP contribution in [-0.4, -0.2) is 48.1 Å². The Bertz CT molecular complexity index is 1410. The van der Waals surface area contributed by atoms with Crippen molar-refractivity contribution in [2.45, 2.75) is 18.9 Å². The normalized spacial score (nSPS) is 15.9. The van der Waals surface area contributed by atoms with E-state index in [0.717, 1.165) is 17.5 Å². The fourth-order valence-electron chi connectivity index (χ4n) is 4.59. The van der Waals surface area contributed by atoms with Gasteiger partial charge in [-0.25, -0.2) is 4.39 Å². The molecule has 4 aromatic rings. The lowest BCUT2D eigenvalue weighted by molar-refractivity contribution is 0.0474. The number of furan rings is 1. The van der Waals surface area contributed by atoms with Gasteiger partial charge in [0.15, 0.2) is 0 Å². The number of benzene rings is 3. The highest BCUT2D eigenvalue weighted by Gasteiger charge is 2.24. The average Bonchev–Trinajstić information content (AvgIpc) is 3.27. The van der Waals surface area contributed by atoms with Gasteiger partial charge in [0.05, 0.1) is 11.7 Å². The molecule has 35 heavy (non-hydrogen) atoms. The maximum Gasteiger partial charge on any atom is 0.255 e. The number of aliphatic hydroxyl groups is 1. The maximum atomic E-state index is 13.5. The lowest BCUT2D eigenvalue weighted by Crippen LogP contribution is -2.42. The Hall–Kier alpha value is -3.97. The number of rotatable bonds is 4. The van der Waals surface area contributed by atoms with Crippen molar-refractivity contribution in [1.29, 1.82) is 0 Å². The number of nitrogens with zero attached hydrogens (tertiary/aromatic N) is 1. The number of carbonyl (C=O) groups is 2. The van der Waals surface area contributed by atoms with Crippen molar-refractivity contribution < 1.29 is 23.5 Å². The van der Waals surface area contributed by atoms with Gasteiger partial charge in [-0.15, -0.1) is 0 Å². The SMILES string of the molecule is CNC(=O)c1c(-c2ccc(F)cc2)oc2ccc(-c3cccc(C(=O)N4CCCC(O)C4)c3)cc12. The van der Waals surface area contributed by atoms with Gasteiger partial charge in [-0.1, -0.05) is 18.2 Å². The predicted molar refractivity (Wildman–Crippen MR) is 132 cm³/mol. The van der Waals surface area contributed by atoms with Crippen LogP contribution in [0.1, 0.15) is 33.6 Å². The minimum absolute atomic E-state index is 0.111. The molecular formula is C28H25FN2O4. The molecule has 1 aromatic heterocycles. The van der Waals surface area contributed by atoms with Crippen LogP contribution in [0.15, 0.2) is 71.1 Å². The summed E-state index contributed by atoms with van der Waals surface area (Å²) in [4.78, 5) is 27.5. The van der Waals surface area contributed by atoms with Gasteiger partial charge in [0.2, 0.25) is 0 Å². The molecule has 0 bridgehead atoms. The molecule has 1 atom stereocenters. The Labute approximate surface area is 202 Å². The molecule has 7 heteroatoms. The monoisotopic (exact) mass is 472 g/mol. The molecule has 0 radical (unpaired) electrons. The molecule has 0 aliphatic carbocycles. The van der Waals surface area contributed by atoms with Gasteiger partial charge in [0.1, 0.15) is 17.2 Å². The highest BCUT2D eigenvalue weighted by Crippen LogP contribution is 2.36. The molecule has 1 fully saturated rings. The van der Waals surface area contributed by atoms with Gasteiger partial charge >= 0.3 is 0 Å². The second kappa shape index (κ2) is 9.35. The standard InChI is InChI=1S/C28H25FN2O4/c1-30-27(33)25-23-15-19(9-12-24(23)35-26(25)17-7-10-21(29)11-8-17)18-4-2-5-20(14-18)28(34)31-13-3-6-22(32)16-31/h2,4-5,7-12,14-15,22,32H,3,6,13,16H2,1H3,(H,30,33). The average molecular weight is 473 g/mol. The molecule has 5 rings (SSSR count). The lowest BCUT2D eigenvalue weighted by Gasteiger charge is -2.30. The zero-order valence-corrected chi connectivity index (χ0v) is 19.3. The largest absolute Gasteiger partial charge is 0.455 e. The molecule has 0 spiro atoms. The molecule has 1 aliphatic rings. The van der Waals surface area contributed by atoms with E-state index < -0.39 is 6.10 Å². The second-order valence-electron chi connectivity index (χ2n) is 8.73. The summed E-state index contributed by atoms with van der Waals surface area (Å²) in [5.74, 6) is -0.432. The first-order valence-electron chi connectivity index (χ1n) is 11.6. The molecule has 1 aliphatic heterocycles. The first-order chi connectivity index (χ1) is 16.9. The molecule has 2 amide bonds. The summed E-state index contributed by atoms with van der Waals surface area (Å²) < 4.78 is 19.5. The molecule has 2 N–H and O–H groups in total. The van der Waals surface area contributed by atoms with E-state index in [9.17, 15) is 19.1 Å². The Balaban J connectivity index is 1.55. The molecule has 3 aromatic carbocycles. The summed E-state index contributed by atoms with van der Waals surface area (Å²) in [5, 5.41) is 13.2. The number of hydrogen-bond donors (Lipinski definition) is 2. The van der Waals surface area contributed by atoms with Crippen LogP contribution in [0.25, 0.3) is 33.4 Å². The fraction of sp³-hybridized carbons (Fsp3) is 0.214. The van der Waals surface area contributed by atoms with E-state index in [2.05, 4.69) is 5.32 Å². The quantitative estimate of drug-likeness (QED) is 0.444. The van der Waals surface area contributed by atoms with Gasteiger partial charge in [-0.2, -0.15) is 0 Å². The molecule has 2 heterocycles. The lowest BCUT2D eigenvalue weighted by atomic mass is 9.98. The third-order valence-corrected chi connectivity index (χ3v) is 6.38. The number of amides is 2. The third kappa shape index (κ3) is 4.42. The number of carbonyl (C=O) groups excluding carboxylic acids is 2. The highest BCUT2D eigenvalue weighted by atomic mass is 19.1. The number of β-amino-alcohol motifs (C(OH)–C–C–N with tert-alkyl or cyclic N) is 1.